The summed E-state index contributed by atoms with van der Waals surface area (Å²) in [5, 5.41) is 9.24. The van der Waals surface area contributed by atoms with Crippen LogP contribution < -0.4 is 5.56 Å². The van der Waals surface area contributed by atoms with Crippen LogP contribution in [0.1, 0.15) is 5.56 Å². The van der Waals surface area contributed by atoms with Crippen molar-refractivity contribution >= 4 is 24.0 Å². The molecule has 6 heteroatoms. The maximum Gasteiger partial charge on any atom is 0.273 e. The monoisotopic (exact) mass is 213 g/mol. The minimum Gasteiger partial charge on any atom is -0.326 e. The lowest BCUT2D eigenvalue weighted by molar-refractivity contribution is 0.772. The standard InChI is InChI=1S/C7H7N3OS2/c1-10-6(11)4(3-8)5(13-2)9-7(10)12/h1-2H3,(H,9,12). The van der Waals surface area contributed by atoms with Gasteiger partial charge in [0.25, 0.3) is 5.56 Å². The van der Waals surface area contributed by atoms with E-state index in [9.17, 15) is 4.79 Å². The molecule has 0 saturated carbocycles. The molecule has 0 saturated heterocycles. The van der Waals surface area contributed by atoms with E-state index in [2.05, 4.69) is 4.98 Å². The molecule has 0 aliphatic rings. The smallest absolute Gasteiger partial charge is 0.273 e. The first-order valence-corrected chi connectivity index (χ1v) is 5.02. The summed E-state index contributed by atoms with van der Waals surface area (Å²) in [7, 11) is 1.53. The SMILES string of the molecule is CSc1[nH]c(=S)n(C)c(=O)c1C#N. The molecule has 13 heavy (non-hydrogen) atoms. The van der Waals surface area contributed by atoms with Gasteiger partial charge in [0, 0.05) is 7.05 Å². The molecular formula is C7H7N3OS2. The number of H-pyrrole nitrogens is 1. The Hall–Kier alpha value is -1.06. The third-order valence-electron chi connectivity index (χ3n) is 1.59. The van der Waals surface area contributed by atoms with E-state index in [-0.39, 0.29) is 11.1 Å². The molecule has 0 radical (unpaired) electrons. The van der Waals surface area contributed by atoms with Crippen LogP contribution in [0.3, 0.4) is 0 Å². The highest BCUT2D eigenvalue weighted by Crippen LogP contribution is 2.12. The molecule has 0 amide bonds. The Morgan fingerprint density at radius 2 is 2.31 bits per heavy atom. The van der Waals surface area contributed by atoms with Crippen LogP contribution in [-0.4, -0.2) is 15.8 Å². The van der Waals surface area contributed by atoms with Crippen LogP contribution in [0, 0.1) is 16.1 Å². The molecule has 0 aromatic carbocycles. The van der Waals surface area contributed by atoms with Gasteiger partial charge in [-0.15, -0.1) is 11.8 Å². The van der Waals surface area contributed by atoms with Gasteiger partial charge in [-0.1, -0.05) is 0 Å². The van der Waals surface area contributed by atoms with Gasteiger partial charge in [0.2, 0.25) is 0 Å². The molecule has 0 unspecified atom stereocenters. The second-order valence-electron chi connectivity index (χ2n) is 2.31. The molecule has 0 fully saturated rings. The summed E-state index contributed by atoms with van der Waals surface area (Å²) >= 11 is 6.19. The average Bonchev–Trinajstić information content (AvgIpc) is 2.13. The normalized spacial score (nSPS) is 9.62. The average molecular weight is 213 g/mol. The summed E-state index contributed by atoms with van der Waals surface area (Å²) < 4.78 is 1.57. The molecule has 1 aromatic rings. The van der Waals surface area contributed by atoms with Crippen molar-refractivity contribution in [2.24, 2.45) is 7.05 Å². The van der Waals surface area contributed by atoms with Crippen molar-refractivity contribution in [3.8, 4) is 6.07 Å². The van der Waals surface area contributed by atoms with Crippen LogP contribution in [0.25, 0.3) is 0 Å². The summed E-state index contributed by atoms with van der Waals surface area (Å²) in [6.07, 6.45) is 1.78. The Balaban J connectivity index is 3.71. The highest BCUT2D eigenvalue weighted by Gasteiger charge is 2.08. The van der Waals surface area contributed by atoms with Crippen molar-refractivity contribution in [1.82, 2.24) is 9.55 Å². The molecule has 1 aromatic heterocycles. The number of aromatic nitrogens is 2. The summed E-state index contributed by atoms with van der Waals surface area (Å²) in [4.78, 5) is 14.2. The lowest BCUT2D eigenvalue weighted by Crippen LogP contribution is -2.22. The van der Waals surface area contributed by atoms with Gasteiger partial charge in [-0.05, 0) is 18.5 Å². The summed E-state index contributed by atoms with van der Waals surface area (Å²) in [6.45, 7) is 0. The fourth-order valence-corrected chi connectivity index (χ4v) is 1.64. The Kier molecular flexibility index (Phi) is 2.90. The largest absolute Gasteiger partial charge is 0.326 e. The van der Waals surface area contributed by atoms with Crippen LogP contribution in [0.15, 0.2) is 9.82 Å². The Morgan fingerprint density at radius 1 is 1.69 bits per heavy atom. The quantitative estimate of drug-likeness (QED) is 0.430. The minimum atomic E-state index is -0.351. The Bertz CT molecular complexity index is 480. The van der Waals surface area contributed by atoms with Crippen LogP contribution in [0.2, 0.25) is 0 Å². The van der Waals surface area contributed by atoms with Gasteiger partial charge in [-0.3, -0.25) is 9.36 Å². The molecule has 1 heterocycles. The molecule has 1 N–H and O–H groups in total. The van der Waals surface area contributed by atoms with E-state index >= 15 is 0 Å². The predicted octanol–water partition coefficient (Wildman–Crippen LogP) is 1.04. The lowest BCUT2D eigenvalue weighted by Gasteiger charge is -2.02. The number of aromatic amines is 1. The number of hydrogen-bond acceptors (Lipinski definition) is 4. The Morgan fingerprint density at radius 3 is 2.77 bits per heavy atom. The fourth-order valence-electron chi connectivity index (χ4n) is 0.852. The van der Waals surface area contributed by atoms with Gasteiger partial charge in [0.05, 0.1) is 5.03 Å². The van der Waals surface area contributed by atoms with Crippen LogP contribution >= 0.6 is 24.0 Å². The highest BCUT2D eigenvalue weighted by atomic mass is 32.2. The second-order valence-corrected chi connectivity index (χ2v) is 3.52. The van der Waals surface area contributed by atoms with Crippen molar-refractivity contribution in [2.45, 2.75) is 5.03 Å². The number of rotatable bonds is 1. The van der Waals surface area contributed by atoms with E-state index in [1.807, 2.05) is 6.07 Å². The topological polar surface area (TPSA) is 61.6 Å². The second kappa shape index (κ2) is 3.77. The van der Waals surface area contributed by atoms with Crippen molar-refractivity contribution in [3.63, 3.8) is 0 Å². The minimum absolute atomic E-state index is 0.114. The summed E-state index contributed by atoms with van der Waals surface area (Å²) in [6, 6.07) is 1.85. The fraction of sp³-hybridized carbons (Fsp3) is 0.286. The number of nitrogens with zero attached hydrogens (tertiary/aromatic N) is 2. The van der Waals surface area contributed by atoms with Gasteiger partial charge in [-0.2, -0.15) is 5.26 Å². The predicted molar refractivity (Wildman–Crippen MR) is 53.4 cm³/mol. The summed E-state index contributed by atoms with van der Waals surface area (Å²) in [5.74, 6) is 0. The molecule has 0 aliphatic heterocycles. The molecule has 0 atom stereocenters. The van der Waals surface area contributed by atoms with Gasteiger partial charge in [-0.25, -0.2) is 0 Å². The molecule has 4 nitrogen and oxygen atoms in total. The van der Waals surface area contributed by atoms with Crippen LogP contribution in [0.5, 0.6) is 0 Å². The molecule has 1 rings (SSSR count). The van der Waals surface area contributed by atoms with Gasteiger partial charge >= 0.3 is 0 Å². The lowest BCUT2D eigenvalue weighted by atomic mass is 10.4. The number of nitriles is 1. The van der Waals surface area contributed by atoms with Gasteiger partial charge < -0.3 is 4.98 Å². The van der Waals surface area contributed by atoms with Crippen molar-refractivity contribution in [1.29, 1.82) is 5.26 Å². The van der Waals surface area contributed by atoms with Crippen molar-refractivity contribution in [2.75, 3.05) is 6.26 Å². The number of hydrogen-bond donors (Lipinski definition) is 1. The molecule has 0 bridgehead atoms. The Labute approximate surface area is 84.2 Å². The first-order chi connectivity index (χ1) is 6.11. The van der Waals surface area contributed by atoms with Gasteiger partial charge in [0.1, 0.15) is 11.6 Å². The molecule has 68 valence electrons. The summed E-state index contributed by atoms with van der Waals surface area (Å²) in [5.41, 5.74) is -0.237. The zero-order valence-corrected chi connectivity index (χ0v) is 8.75. The van der Waals surface area contributed by atoms with Crippen molar-refractivity contribution < 1.29 is 0 Å². The van der Waals surface area contributed by atoms with Crippen LogP contribution in [0.4, 0.5) is 0 Å². The van der Waals surface area contributed by atoms with E-state index in [1.165, 1.54) is 23.4 Å². The van der Waals surface area contributed by atoms with E-state index in [0.717, 1.165) is 0 Å². The first-order valence-electron chi connectivity index (χ1n) is 3.39. The maximum atomic E-state index is 11.4. The van der Waals surface area contributed by atoms with E-state index in [1.54, 1.807) is 6.26 Å². The maximum absolute atomic E-state index is 11.4. The van der Waals surface area contributed by atoms with Crippen LogP contribution in [-0.2, 0) is 7.05 Å². The zero-order chi connectivity index (χ0) is 10.0. The molecular weight excluding hydrogens is 206 g/mol. The first kappa shape index (κ1) is 10.0. The number of thioether (sulfide) groups is 1. The molecule has 0 aliphatic carbocycles. The highest BCUT2D eigenvalue weighted by molar-refractivity contribution is 7.98. The molecule has 0 spiro atoms. The van der Waals surface area contributed by atoms with Crippen molar-refractivity contribution in [3.05, 3.63) is 20.7 Å². The third kappa shape index (κ3) is 1.66. The van der Waals surface area contributed by atoms with Gasteiger partial charge in [0.15, 0.2) is 4.77 Å². The van der Waals surface area contributed by atoms with E-state index < -0.39 is 0 Å². The van der Waals surface area contributed by atoms with E-state index in [4.69, 9.17) is 17.5 Å². The number of nitrogens with one attached hydrogen (secondary N) is 1. The van der Waals surface area contributed by atoms with E-state index in [0.29, 0.717) is 9.80 Å². The zero-order valence-electron chi connectivity index (χ0n) is 7.12. The third-order valence-corrected chi connectivity index (χ3v) is 2.68.